The number of nitrogens with zero attached hydrogens (tertiary/aromatic N) is 2. The third-order valence-corrected chi connectivity index (χ3v) is 1.85. The van der Waals surface area contributed by atoms with Gasteiger partial charge in [0.1, 0.15) is 6.73 Å². The Morgan fingerprint density at radius 2 is 2.15 bits per heavy atom. The maximum absolute atomic E-state index is 8.91. The van der Waals surface area contributed by atoms with E-state index in [9.17, 15) is 0 Å². The molecule has 0 saturated heterocycles. The second-order valence-electron chi connectivity index (χ2n) is 2.75. The zero-order valence-electron chi connectivity index (χ0n) is 7.09. The molecule has 0 spiro atoms. The van der Waals surface area contributed by atoms with Gasteiger partial charge in [0.05, 0.1) is 5.36 Å². The first-order valence-corrected chi connectivity index (χ1v) is 4.10. The van der Waals surface area contributed by atoms with Crippen LogP contribution in [-0.4, -0.2) is 16.8 Å². The Morgan fingerprint density at radius 3 is 3.00 bits per heavy atom. The van der Waals surface area contributed by atoms with Crippen LogP contribution in [0.25, 0.3) is 6.08 Å². The van der Waals surface area contributed by atoms with Crippen molar-refractivity contribution in [3.05, 3.63) is 47.1 Å². The summed E-state index contributed by atoms with van der Waals surface area (Å²) in [5, 5.41) is 16.6. The third kappa shape index (κ3) is 1.60. The Balaban J connectivity index is 2.62. The van der Waals surface area contributed by atoms with Gasteiger partial charge in [-0.05, 0) is 12.1 Å². The molecule has 1 heterocycles. The number of hydrogen-bond donors (Lipinski definition) is 1. The Kier molecular flexibility index (Phi) is 2.10. The van der Waals surface area contributed by atoms with Crippen LogP contribution in [0.3, 0.4) is 0 Å². The molecular weight excluding hydrogens is 164 g/mol. The average Bonchev–Trinajstić information content (AvgIpc) is 2.38. The first-order valence-electron chi connectivity index (χ1n) is 4.10. The molecule has 1 aromatic carbocycles. The standard InChI is InChI=1S/C10H10N2O/c13-8-12-7-3-5-9-4-1-2-6-10(9)11-12/h1-7,13H,8H2. The van der Waals surface area contributed by atoms with Crippen molar-refractivity contribution in [1.82, 2.24) is 5.01 Å². The van der Waals surface area contributed by atoms with Crippen molar-refractivity contribution >= 4 is 6.08 Å². The van der Waals surface area contributed by atoms with E-state index in [2.05, 4.69) is 5.10 Å². The van der Waals surface area contributed by atoms with E-state index in [1.54, 1.807) is 6.20 Å². The maximum atomic E-state index is 8.91. The Labute approximate surface area is 75.9 Å². The summed E-state index contributed by atoms with van der Waals surface area (Å²) in [6.07, 6.45) is 5.57. The fraction of sp³-hybridized carbons (Fsp3) is 0.100. The summed E-state index contributed by atoms with van der Waals surface area (Å²) < 4.78 is 0. The van der Waals surface area contributed by atoms with Crippen molar-refractivity contribution < 1.29 is 5.11 Å². The molecule has 0 amide bonds. The van der Waals surface area contributed by atoms with E-state index < -0.39 is 0 Å². The van der Waals surface area contributed by atoms with Crippen LogP contribution in [0.15, 0.2) is 41.6 Å². The van der Waals surface area contributed by atoms with Crippen LogP contribution in [-0.2, 0) is 0 Å². The maximum Gasteiger partial charge on any atom is 0.136 e. The van der Waals surface area contributed by atoms with E-state index in [1.807, 2.05) is 36.4 Å². The van der Waals surface area contributed by atoms with Gasteiger partial charge in [0.15, 0.2) is 0 Å². The second kappa shape index (κ2) is 3.41. The van der Waals surface area contributed by atoms with Crippen LogP contribution in [0.2, 0.25) is 0 Å². The monoisotopic (exact) mass is 174 g/mol. The molecule has 13 heavy (non-hydrogen) atoms. The fourth-order valence-corrected chi connectivity index (χ4v) is 1.22. The highest BCUT2D eigenvalue weighted by atomic mass is 16.3. The summed E-state index contributed by atoms with van der Waals surface area (Å²) in [4.78, 5) is 0. The Hall–Kier alpha value is -1.61. The number of aliphatic hydroxyl groups excluding tert-OH is 1. The van der Waals surface area contributed by atoms with Crippen molar-refractivity contribution in [1.29, 1.82) is 0 Å². The van der Waals surface area contributed by atoms with E-state index in [1.165, 1.54) is 5.01 Å². The lowest BCUT2D eigenvalue weighted by atomic mass is 10.3. The summed E-state index contributed by atoms with van der Waals surface area (Å²) >= 11 is 0. The predicted molar refractivity (Wildman–Crippen MR) is 49.8 cm³/mol. The van der Waals surface area contributed by atoms with E-state index in [0.717, 1.165) is 10.6 Å². The summed E-state index contributed by atoms with van der Waals surface area (Å²) in [6, 6.07) is 7.80. The molecule has 0 saturated carbocycles. The van der Waals surface area contributed by atoms with E-state index in [-0.39, 0.29) is 6.73 Å². The van der Waals surface area contributed by atoms with Gasteiger partial charge in [-0.25, -0.2) is 5.01 Å². The van der Waals surface area contributed by atoms with Crippen molar-refractivity contribution in [2.24, 2.45) is 5.10 Å². The molecule has 0 aliphatic carbocycles. The van der Waals surface area contributed by atoms with Gasteiger partial charge in [-0.3, -0.25) is 0 Å². The predicted octanol–water partition coefficient (Wildman–Crippen LogP) is -0.219. The third-order valence-electron chi connectivity index (χ3n) is 1.85. The number of fused-ring (bicyclic) bond motifs is 1. The van der Waals surface area contributed by atoms with Crippen molar-refractivity contribution in [3.8, 4) is 0 Å². The van der Waals surface area contributed by atoms with Gasteiger partial charge < -0.3 is 5.11 Å². The quantitative estimate of drug-likeness (QED) is 0.639. The van der Waals surface area contributed by atoms with Crippen molar-refractivity contribution in [3.63, 3.8) is 0 Å². The van der Waals surface area contributed by atoms with Gasteiger partial charge >= 0.3 is 0 Å². The Bertz CT molecular complexity index is 436. The van der Waals surface area contributed by atoms with Crippen LogP contribution in [0.4, 0.5) is 0 Å². The van der Waals surface area contributed by atoms with Crippen LogP contribution in [0.1, 0.15) is 0 Å². The molecule has 0 atom stereocenters. The molecule has 3 heteroatoms. The molecular formula is C10H10N2O. The minimum Gasteiger partial charge on any atom is -0.374 e. The fourth-order valence-electron chi connectivity index (χ4n) is 1.22. The topological polar surface area (TPSA) is 35.8 Å². The molecule has 0 fully saturated rings. The zero-order valence-corrected chi connectivity index (χ0v) is 7.09. The largest absolute Gasteiger partial charge is 0.374 e. The summed E-state index contributed by atoms with van der Waals surface area (Å²) in [6.45, 7) is -0.0985. The van der Waals surface area contributed by atoms with E-state index >= 15 is 0 Å². The SMILES string of the molecule is OCN1C=CC=c2ccccc2=N1. The number of allylic oxidation sites excluding steroid dienone is 1. The highest BCUT2D eigenvalue weighted by Gasteiger charge is 1.94. The molecule has 1 N–H and O–H groups in total. The van der Waals surface area contributed by atoms with Crippen LogP contribution in [0.5, 0.6) is 0 Å². The molecule has 2 rings (SSSR count). The molecule has 0 unspecified atom stereocenters. The summed E-state index contributed by atoms with van der Waals surface area (Å²) in [5.41, 5.74) is 0. The molecule has 3 nitrogen and oxygen atoms in total. The molecule has 1 aromatic rings. The van der Waals surface area contributed by atoms with Gasteiger partial charge in [0.25, 0.3) is 0 Å². The zero-order chi connectivity index (χ0) is 9.10. The van der Waals surface area contributed by atoms with Gasteiger partial charge in [0.2, 0.25) is 0 Å². The molecule has 0 aromatic heterocycles. The molecule has 66 valence electrons. The number of rotatable bonds is 1. The number of hydrogen-bond acceptors (Lipinski definition) is 3. The minimum absolute atomic E-state index is 0.0985. The second-order valence-corrected chi connectivity index (χ2v) is 2.75. The summed E-state index contributed by atoms with van der Waals surface area (Å²) in [5.74, 6) is 0. The minimum atomic E-state index is -0.0985. The van der Waals surface area contributed by atoms with Gasteiger partial charge in [-0.15, -0.1) is 0 Å². The van der Waals surface area contributed by atoms with Crippen LogP contribution < -0.4 is 10.6 Å². The van der Waals surface area contributed by atoms with E-state index in [4.69, 9.17) is 5.11 Å². The van der Waals surface area contributed by atoms with Crippen LogP contribution >= 0.6 is 0 Å². The highest BCUT2D eigenvalue weighted by Crippen LogP contribution is 1.90. The molecule has 1 aliphatic heterocycles. The van der Waals surface area contributed by atoms with E-state index in [0.29, 0.717) is 0 Å². The summed E-state index contributed by atoms with van der Waals surface area (Å²) in [7, 11) is 0. The average molecular weight is 174 g/mol. The lowest BCUT2D eigenvalue weighted by Crippen LogP contribution is -2.26. The lowest BCUT2D eigenvalue weighted by Gasteiger charge is -2.07. The molecule has 0 radical (unpaired) electrons. The normalized spacial score (nSPS) is 14.1. The van der Waals surface area contributed by atoms with Crippen molar-refractivity contribution in [2.45, 2.75) is 0 Å². The smallest absolute Gasteiger partial charge is 0.136 e. The van der Waals surface area contributed by atoms with Gasteiger partial charge in [-0.2, -0.15) is 5.10 Å². The number of benzene rings is 1. The van der Waals surface area contributed by atoms with Crippen LogP contribution in [0, 0.1) is 0 Å². The van der Waals surface area contributed by atoms with Crippen molar-refractivity contribution in [2.75, 3.05) is 6.73 Å². The number of aliphatic hydroxyl groups is 1. The first kappa shape index (κ1) is 8.01. The van der Waals surface area contributed by atoms with Gasteiger partial charge in [-0.1, -0.05) is 24.3 Å². The molecule has 0 bridgehead atoms. The highest BCUT2D eigenvalue weighted by molar-refractivity contribution is 5.36. The van der Waals surface area contributed by atoms with Gasteiger partial charge in [0, 0.05) is 11.4 Å². The lowest BCUT2D eigenvalue weighted by molar-refractivity contribution is 0.151. The first-order chi connectivity index (χ1) is 6.40. The Morgan fingerprint density at radius 1 is 1.31 bits per heavy atom. The molecule has 1 aliphatic rings.